The summed E-state index contributed by atoms with van der Waals surface area (Å²) >= 11 is 3.60. The lowest BCUT2D eigenvalue weighted by atomic mass is 9.91. The Balaban J connectivity index is 1.57. The molecule has 5 aromatic rings. The topological polar surface area (TPSA) is 75.1 Å². The van der Waals surface area contributed by atoms with Gasteiger partial charge in [0.1, 0.15) is 0 Å². The first kappa shape index (κ1) is 27.0. The minimum Gasteiger partial charge on any atom is -0.342 e. The molecule has 1 fully saturated rings. The smallest absolute Gasteiger partial charge is 0.256 e. The second kappa shape index (κ2) is 11.4. The summed E-state index contributed by atoms with van der Waals surface area (Å²) in [4.78, 5) is 15.9. The second-order valence-corrected chi connectivity index (χ2v) is 11.8. The molecule has 2 heterocycles. The van der Waals surface area contributed by atoms with Crippen LogP contribution in [0.4, 0.5) is 0 Å². The minimum atomic E-state index is 0.0451. The van der Waals surface area contributed by atoms with Crippen LogP contribution in [0.25, 0.3) is 33.2 Å². The standard InChI is InChI=1S/C35H31BrN4O/c1-23-5-9-26(10-6-23)31-19-34-32(18-30(31)27-11-7-24(20-37)8-12-27)33(35(41)39-15-13-29(38)14-16-39)22-40(34)21-25-3-2-4-28(36)17-25/h2-12,17-19,22,29H,13-16,21,38H2,1H3. The molecule has 1 saturated heterocycles. The summed E-state index contributed by atoms with van der Waals surface area (Å²) in [5, 5.41) is 10.3. The van der Waals surface area contributed by atoms with Crippen LogP contribution < -0.4 is 5.73 Å². The zero-order chi connectivity index (χ0) is 28.5. The molecule has 6 rings (SSSR count). The quantitative estimate of drug-likeness (QED) is 0.226. The van der Waals surface area contributed by atoms with E-state index in [4.69, 9.17) is 5.73 Å². The van der Waals surface area contributed by atoms with Gasteiger partial charge in [0.15, 0.2) is 0 Å². The van der Waals surface area contributed by atoms with Crippen molar-refractivity contribution in [2.45, 2.75) is 32.4 Å². The first-order valence-electron chi connectivity index (χ1n) is 13.9. The average Bonchev–Trinajstić information content (AvgIpc) is 3.34. The number of nitriles is 1. The molecule has 41 heavy (non-hydrogen) atoms. The Bertz CT molecular complexity index is 1770. The number of halogens is 1. The lowest BCUT2D eigenvalue weighted by Crippen LogP contribution is -2.42. The molecule has 1 aliphatic rings. The molecule has 0 spiro atoms. The van der Waals surface area contributed by atoms with E-state index in [-0.39, 0.29) is 11.9 Å². The molecule has 0 saturated carbocycles. The van der Waals surface area contributed by atoms with Crippen molar-refractivity contribution in [1.29, 1.82) is 5.26 Å². The zero-order valence-corrected chi connectivity index (χ0v) is 24.6. The fourth-order valence-corrected chi connectivity index (χ4v) is 6.12. The van der Waals surface area contributed by atoms with Crippen molar-refractivity contribution in [2.24, 2.45) is 5.73 Å². The summed E-state index contributed by atoms with van der Waals surface area (Å²) in [7, 11) is 0. The van der Waals surface area contributed by atoms with Crippen molar-refractivity contribution in [2.75, 3.05) is 13.1 Å². The lowest BCUT2D eigenvalue weighted by molar-refractivity contribution is 0.0716. The van der Waals surface area contributed by atoms with Gasteiger partial charge in [-0.25, -0.2) is 0 Å². The van der Waals surface area contributed by atoms with Gasteiger partial charge in [0, 0.05) is 47.2 Å². The molecule has 0 atom stereocenters. The van der Waals surface area contributed by atoms with Gasteiger partial charge in [0.05, 0.1) is 17.2 Å². The number of carbonyl (C=O) groups is 1. The van der Waals surface area contributed by atoms with Gasteiger partial charge < -0.3 is 15.2 Å². The molecule has 5 nitrogen and oxygen atoms in total. The van der Waals surface area contributed by atoms with Crippen LogP contribution in [0, 0.1) is 18.3 Å². The second-order valence-electron chi connectivity index (χ2n) is 10.9. The molecule has 204 valence electrons. The van der Waals surface area contributed by atoms with E-state index in [1.807, 2.05) is 47.5 Å². The number of amides is 1. The number of carbonyl (C=O) groups excluding carboxylic acids is 1. The highest BCUT2D eigenvalue weighted by Gasteiger charge is 2.26. The monoisotopic (exact) mass is 602 g/mol. The first-order valence-corrected chi connectivity index (χ1v) is 14.7. The van der Waals surface area contributed by atoms with E-state index in [0.717, 1.165) is 56.0 Å². The Morgan fingerprint density at radius 1 is 0.951 bits per heavy atom. The third-order valence-electron chi connectivity index (χ3n) is 8.01. The number of hydrogen-bond acceptors (Lipinski definition) is 3. The highest BCUT2D eigenvalue weighted by molar-refractivity contribution is 9.10. The Labute approximate surface area is 249 Å². The van der Waals surface area contributed by atoms with E-state index in [1.165, 1.54) is 5.56 Å². The fraction of sp³-hybridized carbons (Fsp3) is 0.200. The summed E-state index contributed by atoms with van der Waals surface area (Å²) in [5.41, 5.74) is 15.0. The molecule has 4 aromatic carbocycles. The molecule has 1 aromatic heterocycles. The lowest BCUT2D eigenvalue weighted by Gasteiger charge is -2.30. The number of piperidine rings is 1. The number of benzene rings is 4. The highest BCUT2D eigenvalue weighted by atomic mass is 79.9. The van der Waals surface area contributed by atoms with Crippen molar-refractivity contribution in [3.8, 4) is 28.3 Å². The van der Waals surface area contributed by atoms with Crippen LogP contribution in [-0.2, 0) is 6.54 Å². The van der Waals surface area contributed by atoms with Crippen LogP contribution in [0.3, 0.4) is 0 Å². The largest absolute Gasteiger partial charge is 0.342 e. The van der Waals surface area contributed by atoms with E-state index in [1.54, 1.807) is 0 Å². The number of aryl methyl sites for hydroxylation is 1. The number of likely N-dealkylation sites (tertiary alicyclic amines) is 1. The molecule has 0 aliphatic carbocycles. The van der Waals surface area contributed by atoms with Crippen LogP contribution in [0.15, 0.2) is 95.6 Å². The normalized spacial score (nSPS) is 13.9. The van der Waals surface area contributed by atoms with Crippen LogP contribution in [-0.4, -0.2) is 34.5 Å². The van der Waals surface area contributed by atoms with Crippen molar-refractivity contribution < 1.29 is 4.79 Å². The maximum absolute atomic E-state index is 14.0. The van der Waals surface area contributed by atoms with E-state index in [0.29, 0.717) is 30.8 Å². The number of nitrogens with zero attached hydrogens (tertiary/aromatic N) is 3. The summed E-state index contributed by atoms with van der Waals surface area (Å²) in [6.45, 7) is 4.06. The molecule has 0 unspecified atom stereocenters. The van der Waals surface area contributed by atoms with E-state index in [2.05, 4.69) is 82.0 Å². The third kappa shape index (κ3) is 5.56. The van der Waals surface area contributed by atoms with Gasteiger partial charge in [0.2, 0.25) is 0 Å². The zero-order valence-electron chi connectivity index (χ0n) is 23.0. The summed E-state index contributed by atoms with van der Waals surface area (Å²) in [5.74, 6) is 0.0451. The van der Waals surface area contributed by atoms with Gasteiger partial charge in [0.25, 0.3) is 5.91 Å². The number of nitrogens with two attached hydrogens (primary N) is 1. The van der Waals surface area contributed by atoms with E-state index >= 15 is 0 Å². The molecule has 2 N–H and O–H groups in total. The predicted octanol–water partition coefficient (Wildman–Crippen LogP) is 7.53. The van der Waals surface area contributed by atoms with Crippen molar-refractivity contribution in [3.63, 3.8) is 0 Å². The van der Waals surface area contributed by atoms with Crippen LogP contribution in [0.1, 0.15) is 39.9 Å². The van der Waals surface area contributed by atoms with Gasteiger partial charge in [-0.2, -0.15) is 5.26 Å². The van der Waals surface area contributed by atoms with Crippen LogP contribution in [0.2, 0.25) is 0 Å². The molecule has 1 amide bonds. The molecule has 1 aliphatic heterocycles. The third-order valence-corrected chi connectivity index (χ3v) is 8.50. The van der Waals surface area contributed by atoms with Crippen LogP contribution in [0.5, 0.6) is 0 Å². The SMILES string of the molecule is Cc1ccc(-c2cc3c(cc2-c2ccc(C#N)cc2)c(C(=O)N2CCC(N)CC2)cn3Cc2cccc(Br)c2)cc1. The van der Waals surface area contributed by atoms with Crippen molar-refractivity contribution in [1.82, 2.24) is 9.47 Å². The molecular weight excluding hydrogens is 572 g/mol. The molecule has 0 bridgehead atoms. The maximum atomic E-state index is 14.0. The summed E-state index contributed by atoms with van der Waals surface area (Å²) in [6.07, 6.45) is 3.65. The van der Waals surface area contributed by atoms with Crippen molar-refractivity contribution >= 4 is 32.7 Å². The van der Waals surface area contributed by atoms with E-state index in [9.17, 15) is 10.1 Å². The average molecular weight is 604 g/mol. The van der Waals surface area contributed by atoms with Crippen molar-refractivity contribution in [3.05, 3.63) is 118 Å². The van der Waals surface area contributed by atoms with Gasteiger partial charge in [-0.3, -0.25) is 4.79 Å². The molecule has 0 radical (unpaired) electrons. The summed E-state index contributed by atoms with van der Waals surface area (Å²) in [6, 6.07) is 31.2. The number of aromatic nitrogens is 1. The molecule has 6 heteroatoms. The number of fused-ring (bicyclic) bond motifs is 1. The van der Waals surface area contributed by atoms with Gasteiger partial charge in [-0.05, 0) is 84.0 Å². The Morgan fingerprint density at radius 2 is 1.61 bits per heavy atom. The Kier molecular flexibility index (Phi) is 7.49. The predicted molar refractivity (Wildman–Crippen MR) is 169 cm³/mol. The van der Waals surface area contributed by atoms with Gasteiger partial charge in [-0.1, -0.05) is 70.0 Å². The Morgan fingerprint density at radius 3 is 2.27 bits per heavy atom. The number of hydrogen-bond donors (Lipinski definition) is 1. The molecular formula is C35H31BrN4O. The number of rotatable bonds is 5. The first-order chi connectivity index (χ1) is 19.9. The summed E-state index contributed by atoms with van der Waals surface area (Å²) < 4.78 is 3.22. The fourth-order valence-electron chi connectivity index (χ4n) is 5.68. The van der Waals surface area contributed by atoms with E-state index < -0.39 is 0 Å². The van der Waals surface area contributed by atoms with Crippen LogP contribution >= 0.6 is 15.9 Å². The van der Waals surface area contributed by atoms with Gasteiger partial charge >= 0.3 is 0 Å². The maximum Gasteiger partial charge on any atom is 0.256 e. The minimum absolute atomic E-state index is 0.0451. The Hall–Kier alpha value is -4.18. The van der Waals surface area contributed by atoms with Gasteiger partial charge in [-0.15, -0.1) is 0 Å². The highest BCUT2D eigenvalue weighted by Crippen LogP contribution is 2.38.